The number of methoxy groups -OCH3 is 1. The molecule has 1 fully saturated rings. The Hall–Kier alpha value is -1.99. The highest BCUT2D eigenvalue weighted by Gasteiger charge is 2.27. The molecule has 0 aliphatic carbocycles. The molecule has 0 bridgehead atoms. The minimum absolute atomic E-state index is 0.0536. The number of phenolic OH excluding ortho intramolecular Hbond substituents is 1. The molecule has 1 aromatic heterocycles. The summed E-state index contributed by atoms with van der Waals surface area (Å²) in [5.74, 6) is 0.667. The summed E-state index contributed by atoms with van der Waals surface area (Å²) < 4.78 is 9.95. The van der Waals surface area contributed by atoms with Gasteiger partial charge in [-0.05, 0) is 17.7 Å². The fourth-order valence-electron chi connectivity index (χ4n) is 2.71. The molecule has 2 aromatic rings. The average Bonchev–Trinajstić information content (AvgIpc) is 2.53. The normalized spacial score (nSPS) is 18.9. The van der Waals surface area contributed by atoms with Crippen LogP contribution in [-0.2, 0) is 16.1 Å². The lowest BCUT2D eigenvalue weighted by Crippen LogP contribution is -2.41. The third-order valence-corrected chi connectivity index (χ3v) is 4.98. The number of benzene rings is 1. The second-order valence-corrected chi connectivity index (χ2v) is 6.70. The maximum Gasteiger partial charge on any atom is 0.336 e. The van der Waals surface area contributed by atoms with Gasteiger partial charge in [-0.2, -0.15) is 0 Å². The van der Waals surface area contributed by atoms with E-state index in [4.69, 9.17) is 9.15 Å². The zero-order valence-corrected chi connectivity index (χ0v) is 13.5. The maximum absolute atomic E-state index is 11.7. The second kappa shape index (κ2) is 6.64. The molecule has 1 saturated heterocycles. The van der Waals surface area contributed by atoms with Crippen LogP contribution in [0.2, 0.25) is 0 Å². The van der Waals surface area contributed by atoms with Gasteiger partial charge in [0, 0.05) is 42.9 Å². The SMILES string of the molecule is COC(=O)[C@@H]1CN(Cc2cc(=O)oc3cc(O)ccc23)CCS1. The highest BCUT2D eigenvalue weighted by molar-refractivity contribution is 8.00. The number of carbonyl (C=O) groups is 1. The van der Waals surface area contributed by atoms with Gasteiger partial charge < -0.3 is 14.3 Å². The van der Waals surface area contributed by atoms with E-state index in [0.29, 0.717) is 18.7 Å². The van der Waals surface area contributed by atoms with Gasteiger partial charge in [0.2, 0.25) is 0 Å². The molecule has 1 aromatic carbocycles. The van der Waals surface area contributed by atoms with Crippen molar-refractivity contribution in [2.45, 2.75) is 11.8 Å². The van der Waals surface area contributed by atoms with Gasteiger partial charge in [0.25, 0.3) is 0 Å². The van der Waals surface area contributed by atoms with Crippen LogP contribution in [0.5, 0.6) is 5.75 Å². The number of esters is 1. The van der Waals surface area contributed by atoms with Crippen molar-refractivity contribution in [3.05, 3.63) is 40.2 Å². The second-order valence-electron chi connectivity index (χ2n) is 5.39. The van der Waals surface area contributed by atoms with E-state index in [1.165, 1.54) is 19.2 Å². The Morgan fingerprint density at radius 2 is 2.30 bits per heavy atom. The zero-order chi connectivity index (χ0) is 16.4. The first-order chi connectivity index (χ1) is 11.1. The zero-order valence-electron chi connectivity index (χ0n) is 12.7. The highest BCUT2D eigenvalue weighted by Crippen LogP contribution is 2.25. The molecule has 7 heteroatoms. The Morgan fingerprint density at radius 1 is 1.48 bits per heavy atom. The fraction of sp³-hybridized carbons (Fsp3) is 0.375. The number of fused-ring (bicyclic) bond motifs is 1. The van der Waals surface area contributed by atoms with E-state index in [9.17, 15) is 14.7 Å². The first-order valence-electron chi connectivity index (χ1n) is 7.24. The van der Waals surface area contributed by atoms with E-state index >= 15 is 0 Å². The molecule has 0 radical (unpaired) electrons. The summed E-state index contributed by atoms with van der Waals surface area (Å²) in [5.41, 5.74) is 0.740. The molecule has 0 amide bonds. The average molecular weight is 335 g/mol. The lowest BCUT2D eigenvalue weighted by molar-refractivity contribution is -0.140. The van der Waals surface area contributed by atoms with E-state index in [2.05, 4.69) is 4.90 Å². The Kier molecular flexibility index (Phi) is 4.58. The summed E-state index contributed by atoms with van der Waals surface area (Å²) in [7, 11) is 1.39. The largest absolute Gasteiger partial charge is 0.508 e. The number of nitrogens with zero attached hydrogens (tertiary/aromatic N) is 1. The molecule has 3 rings (SSSR count). The quantitative estimate of drug-likeness (QED) is 0.674. The molecule has 0 spiro atoms. The summed E-state index contributed by atoms with van der Waals surface area (Å²) in [5, 5.41) is 10.1. The molecular formula is C16H17NO5S. The lowest BCUT2D eigenvalue weighted by atomic mass is 10.1. The summed E-state index contributed by atoms with van der Waals surface area (Å²) in [4.78, 5) is 25.6. The minimum Gasteiger partial charge on any atom is -0.508 e. The van der Waals surface area contributed by atoms with E-state index in [1.807, 2.05) is 0 Å². The number of aromatic hydroxyl groups is 1. The third-order valence-electron chi connectivity index (χ3n) is 3.82. The predicted molar refractivity (Wildman–Crippen MR) is 87.7 cm³/mol. The molecule has 2 heterocycles. The van der Waals surface area contributed by atoms with Gasteiger partial charge in [0.1, 0.15) is 16.6 Å². The molecule has 23 heavy (non-hydrogen) atoms. The molecular weight excluding hydrogens is 318 g/mol. The molecule has 6 nitrogen and oxygen atoms in total. The summed E-state index contributed by atoms with van der Waals surface area (Å²) in [6.45, 7) is 1.95. The number of carbonyl (C=O) groups excluding carboxylic acids is 1. The van der Waals surface area contributed by atoms with Crippen LogP contribution >= 0.6 is 11.8 Å². The van der Waals surface area contributed by atoms with Crippen molar-refractivity contribution in [3.63, 3.8) is 0 Å². The van der Waals surface area contributed by atoms with Gasteiger partial charge >= 0.3 is 11.6 Å². The number of hydrogen-bond acceptors (Lipinski definition) is 7. The van der Waals surface area contributed by atoms with Crippen LogP contribution in [0.25, 0.3) is 11.0 Å². The number of rotatable bonds is 3. The molecule has 0 unspecified atom stereocenters. The Balaban J connectivity index is 1.86. The molecule has 122 valence electrons. The molecule has 1 aliphatic rings. The van der Waals surface area contributed by atoms with Crippen LogP contribution in [0.3, 0.4) is 0 Å². The number of hydrogen-bond donors (Lipinski definition) is 1. The minimum atomic E-state index is -0.450. The van der Waals surface area contributed by atoms with Crippen molar-refractivity contribution in [1.29, 1.82) is 0 Å². The predicted octanol–water partition coefficient (Wildman–Crippen LogP) is 1.59. The monoisotopic (exact) mass is 335 g/mol. The standard InChI is InChI=1S/C16H17NO5S/c1-21-16(20)14-9-17(4-5-23-14)8-10-6-15(19)22-13-7-11(18)2-3-12(10)13/h2-3,6-7,14,18H,4-5,8-9H2,1H3/t14-/m0/s1. The summed E-state index contributed by atoms with van der Waals surface area (Å²) in [6, 6.07) is 6.20. The summed E-state index contributed by atoms with van der Waals surface area (Å²) in [6.07, 6.45) is 0. The number of thioether (sulfide) groups is 1. The van der Waals surface area contributed by atoms with Crippen LogP contribution in [0.1, 0.15) is 5.56 Å². The van der Waals surface area contributed by atoms with Crippen LogP contribution < -0.4 is 5.63 Å². The van der Waals surface area contributed by atoms with Gasteiger partial charge in [0.15, 0.2) is 0 Å². The lowest BCUT2D eigenvalue weighted by Gasteiger charge is -2.31. The fourth-order valence-corrected chi connectivity index (χ4v) is 3.91. The van der Waals surface area contributed by atoms with Gasteiger partial charge in [-0.1, -0.05) is 0 Å². The van der Waals surface area contributed by atoms with Crippen LogP contribution in [-0.4, -0.2) is 47.2 Å². The highest BCUT2D eigenvalue weighted by atomic mass is 32.2. The number of ether oxygens (including phenoxy) is 1. The van der Waals surface area contributed by atoms with Gasteiger partial charge in [-0.15, -0.1) is 11.8 Å². The third kappa shape index (κ3) is 3.51. The Labute approximate surface area is 137 Å². The van der Waals surface area contributed by atoms with Crippen molar-refractivity contribution in [3.8, 4) is 5.75 Å². The Morgan fingerprint density at radius 3 is 3.09 bits per heavy atom. The van der Waals surface area contributed by atoms with Crippen LogP contribution in [0.15, 0.2) is 33.5 Å². The topological polar surface area (TPSA) is 80.0 Å². The van der Waals surface area contributed by atoms with Crippen molar-refractivity contribution < 1.29 is 19.1 Å². The van der Waals surface area contributed by atoms with Gasteiger partial charge in [-0.25, -0.2) is 4.79 Å². The van der Waals surface area contributed by atoms with E-state index in [-0.39, 0.29) is 17.0 Å². The number of phenols is 1. The van der Waals surface area contributed by atoms with Crippen LogP contribution in [0, 0.1) is 0 Å². The van der Waals surface area contributed by atoms with Crippen LogP contribution in [0.4, 0.5) is 0 Å². The van der Waals surface area contributed by atoms with Crippen molar-refractivity contribution in [2.24, 2.45) is 0 Å². The van der Waals surface area contributed by atoms with E-state index in [1.54, 1.807) is 23.9 Å². The molecule has 0 saturated carbocycles. The smallest absolute Gasteiger partial charge is 0.336 e. The van der Waals surface area contributed by atoms with E-state index in [0.717, 1.165) is 23.2 Å². The molecule has 1 aliphatic heterocycles. The maximum atomic E-state index is 11.7. The first kappa shape index (κ1) is 15.9. The van der Waals surface area contributed by atoms with Gasteiger partial charge in [0.05, 0.1) is 7.11 Å². The van der Waals surface area contributed by atoms with Crippen molar-refractivity contribution in [2.75, 3.05) is 26.0 Å². The first-order valence-corrected chi connectivity index (χ1v) is 8.29. The van der Waals surface area contributed by atoms with E-state index < -0.39 is 5.63 Å². The molecule has 1 atom stereocenters. The Bertz CT molecular complexity index is 788. The summed E-state index contributed by atoms with van der Waals surface area (Å²) >= 11 is 1.59. The van der Waals surface area contributed by atoms with Crippen molar-refractivity contribution in [1.82, 2.24) is 4.90 Å². The van der Waals surface area contributed by atoms with Crippen molar-refractivity contribution >= 4 is 28.7 Å². The molecule has 1 N–H and O–H groups in total. The van der Waals surface area contributed by atoms with Gasteiger partial charge in [-0.3, -0.25) is 9.69 Å².